The molecule has 0 bridgehead atoms. The molecule has 146 valence electrons. The van der Waals surface area contributed by atoms with Crippen LogP contribution in [-0.2, 0) is 14.8 Å². The molecule has 0 saturated heterocycles. The van der Waals surface area contributed by atoms with E-state index >= 15 is 0 Å². The number of amides is 1. The zero-order valence-electron chi connectivity index (χ0n) is 15.6. The van der Waals surface area contributed by atoms with Crippen molar-refractivity contribution in [3.8, 4) is 0 Å². The molecule has 0 unspecified atom stereocenters. The molecule has 3 rings (SSSR count). The molecule has 1 atom stereocenters. The summed E-state index contributed by atoms with van der Waals surface area (Å²) in [6.07, 6.45) is 1.39. The fourth-order valence-electron chi connectivity index (χ4n) is 3.22. The number of carbonyl (C=O) groups is 1. The van der Waals surface area contributed by atoms with Crippen molar-refractivity contribution in [2.75, 3.05) is 15.9 Å². The van der Waals surface area contributed by atoms with E-state index in [0.29, 0.717) is 22.8 Å². The van der Waals surface area contributed by atoms with Crippen molar-refractivity contribution < 1.29 is 13.2 Å². The number of carbonyl (C=O) groups excluding carboxylic acids is 1. The molecule has 0 spiro atoms. The highest BCUT2D eigenvalue weighted by Gasteiger charge is 2.31. The van der Waals surface area contributed by atoms with Crippen LogP contribution in [-0.4, -0.2) is 26.6 Å². The van der Waals surface area contributed by atoms with Crippen molar-refractivity contribution in [2.45, 2.75) is 19.4 Å². The first-order valence-corrected chi connectivity index (χ1v) is 11.1. The van der Waals surface area contributed by atoms with Gasteiger partial charge in [0.05, 0.1) is 11.9 Å². The van der Waals surface area contributed by atoms with Crippen LogP contribution in [0.25, 0.3) is 10.8 Å². The summed E-state index contributed by atoms with van der Waals surface area (Å²) >= 11 is 6.04. The smallest absolute Gasteiger partial charge is 0.248 e. The Labute approximate surface area is 170 Å². The van der Waals surface area contributed by atoms with E-state index in [1.165, 1.54) is 6.07 Å². The van der Waals surface area contributed by atoms with Gasteiger partial charge in [0.1, 0.15) is 6.04 Å². The second-order valence-corrected chi connectivity index (χ2v) is 8.77. The number of hydrogen-bond acceptors (Lipinski definition) is 3. The molecule has 3 aromatic carbocycles. The van der Waals surface area contributed by atoms with Crippen molar-refractivity contribution in [3.05, 3.63) is 71.8 Å². The van der Waals surface area contributed by atoms with E-state index in [2.05, 4.69) is 5.32 Å². The van der Waals surface area contributed by atoms with Gasteiger partial charge in [-0.1, -0.05) is 61.0 Å². The third kappa shape index (κ3) is 4.29. The van der Waals surface area contributed by atoms with Gasteiger partial charge in [-0.3, -0.25) is 9.10 Å². The lowest BCUT2D eigenvalue weighted by Crippen LogP contribution is -2.47. The largest absolute Gasteiger partial charge is 0.324 e. The van der Waals surface area contributed by atoms with Crippen LogP contribution in [0.1, 0.15) is 13.3 Å². The van der Waals surface area contributed by atoms with Gasteiger partial charge in [-0.05, 0) is 36.1 Å². The molecular formula is C21H21ClN2O3S. The van der Waals surface area contributed by atoms with Gasteiger partial charge >= 0.3 is 0 Å². The number of nitrogens with zero attached hydrogens (tertiary/aromatic N) is 1. The molecule has 1 N–H and O–H groups in total. The standard InChI is InChI=1S/C21H21ClN2O3S/c1-3-20(24(28(2,26)27)17-11-7-10-16(22)14-17)21(25)23-19-13-6-9-15-8-4-5-12-18(15)19/h4-14,20H,3H2,1-2H3,(H,23,25)/t20-/m0/s1. The summed E-state index contributed by atoms with van der Waals surface area (Å²) in [5, 5.41) is 5.17. The lowest BCUT2D eigenvalue weighted by molar-refractivity contribution is -0.117. The predicted molar refractivity (Wildman–Crippen MR) is 115 cm³/mol. The molecule has 0 aromatic heterocycles. The number of benzene rings is 3. The summed E-state index contributed by atoms with van der Waals surface area (Å²) in [6, 6.07) is 18.9. The molecule has 1 amide bonds. The van der Waals surface area contributed by atoms with Gasteiger partial charge in [-0.15, -0.1) is 0 Å². The first-order valence-electron chi connectivity index (χ1n) is 8.85. The maximum atomic E-state index is 13.1. The lowest BCUT2D eigenvalue weighted by atomic mass is 10.1. The highest BCUT2D eigenvalue weighted by Crippen LogP contribution is 2.27. The van der Waals surface area contributed by atoms with Gasteiger partial charge < -0.3 is 5.32 Å². The van der Waals surface area contributed by atoms with Crippen LogP contribution >= 0.6 is 11.6 Å². The summed E-state index contributed by atoms with van der Waals surface area (Å²) in [4.78, 5) is 13.1. The van der Waals surface area contributed by atoms with E-state index in [1.54, 1.807) is 31.2 Å². The van der Waals surface area contributed by atoms with Crippen molar-refractivity contribution in [1.82, 2.24) is 0 Å². The minimum absolute atomic E-state index is 0.302. The predicted octanol–water partition coefficient (Wildman–Crippen LogP) is 4.68. The fourth-order valence-corrected chi connectivity index (χ4v) is 4.61. The topological polar surface area (TPSA) is 66.5 Å². The molecule has 0 fully saturated rings. The van der Waals surface area contributed by atoms with Crippen LogP contribution < -0.4 is 9.62 Å². The monoisotopic (exact) mass is 416 g/mol. The molecule has 0 radical (unpaired) electrons. The van der Waals surface area contributed by atoms with Crippen LogP contribution in [0.4, 0.5) is 11.4 Å². The van der Waals surface area contributed by atoms with E-state index in [9.17, 15) is 13.2 Å². The Morgan fingerprint density at radius 1 is 1.07 bits per heavy atom. The van der Waals surface area contributed by atoms with E-state index in [4.69, 9.17) is 11.6 Å². The summed E-state index contributed by atoms with van der Waals surface area (Å²) in [5.41, 5.74) is 0.996. The number of nitrogens with one attached hydrogen (secondary N) is 1. The molecule has 0 heterocycles. The first kappa shape index (κ1) is 20.2. The van der Waals surface area contributed by atoms with E-state index in [0.717, 1.165) is 21.3 Å². The van der Waals surface area contributed by atoms with Crippen LogP contribution in [0.5, 0.6) is 0 Å². The molecular weight excluding hydrogens is 396 g/mol. The summed E-state index contributed by atoms with van der Waals surface area (Å²) < 4.78 is 26.2. The van der Waals surface area contributed by atoms with Gasteiger partial charge in [0.2, 0.25) is 15.9 Å². The third-order valence-electron chi connectivity index (χ3n) is 4.44. The maximum Gasteiger partial charge on any atom is 0.248 e. The molecule has 0 aliphatic heterocycles. The quantitative estimate of drug-likeness (QED) is 0.634. The third-order valence-corrected chi connectivity index (χ3v) is 5.85. The highest BCUT2D eigenvalue weighted by atomic mass is 35.5. The zero-order valence-corrected chi connectivity index (χ0v) is 17.2. The normalized spacial score (nSPS) is 12.5. The first-order chi connectivity index (χ1) is 13.3. The summed E-state index contributed by atoms with van der Waals surface area (Å²) in [5.74, 6) is -0.399. The van der Waals surface area contributed by atoms with E-state index in [-0.39, 0.29) is 0 Å². The van der Waals surface area contributed by atoms with Crippen LogP contribution in [0.2, 0.25) is 5.02 Å². The molecule has 5 nitrogen and oxygen atoms in total. The number of rotatable bonds is 6. The van der Waals surface area contributed by atoms with Gasteiger partial charge in [-0.2, -0.15) is 0 Å². The Morgan fingerprint density at radius 3 is 2.43 bits per heavy atom. The molecule has 0 aliphatic rings. The minimum Gasteiger partial charge on any atom is -0.324 e. The fraction of sp³-hybridized carbons (Fsp3) is 0.190. The van der Waals surface area contributed by atoms with E-state index in [1.807, 2.05) is 36.4 Å². The Morgan fingerprint density at radius 2 is 1.75 bits per heavy atom. The molecule has 28 heavy (non-hydrogen) atoms. The molecule has 0 saturated carbocycles. The minimum atomic E-state index is -3.71. The average Bonchev–Trinajstić information content (AvgIpc) is 2.65. The number of hydrogen-bond donors (Lipinski definition) is 1. The second-order valence-electron chi connectivity index (χ2n) is 6.48. The van der Waals surface area contributed by atoms with Crippen molar-refractivity contribution >= 4 is 49.7 Å². The molecule has 0 aliphatic carbocycles. The Hall–Kier alpha value is -2.57. The number of fused-ring (bicyclic) bond motifs is 1. The Balaban J connectivity index is 1.99. The maximum absolute atomic E-state index is 13.1. The van der Waals surface area contributed by atoms with Crippen LogP contribution in [0.15, 0.2) is 66.7 Å². The zero-order chi connectivity index (χ0) is 20.3. The number of anilines is 2. The molecule has 7 heteroatoms. The average molecular weight is 417 g/mol. The van der Waals surface area contributed by atoms with Crippen molar-refractivity contribution in [3.63, 3.8) is 0 Å². The van der Waals surface area contributed by atoms with Crippen molar-refractivity contribution in [2.24, 2.45) is 0 Å². The van der Waals surface area contributed by atoms with Crippen LogP contribution in [0, 0.1) is 0 Å². The number of sulfonamides is 1. The summed E-state index contributed by atoms with van der Waals surface area (Å²) in [7, 11) is -3.71. The Bertz CT molecular complexity index is 1110. The molecule has 3 aromatic rings. The number of halogens is 1. The van der Waals surface area contributed by atoms with Gasteiger partial charge in [-0.25, -0.2) is 8.42 Å². The van der Waals surface area contributed by atoms with Crippen LogP contribution in [0.3, 0.4) is 0 Å². The van der Waals surface area contributed by atoms with Crippen molar-refractivity contribution in [1.29, 1.82) is 0 Å². The van der Waals surface area contributed by atoms with Gasteiger partial charge in [0.25, 0.3) is 0 Å². The SMILES string of the molecule is CC[C@@H](C(=O)Nc1cccc2ccccc12)N(c1cccc(Cl)c1)S(C)(=O)=O. The van der Waals surface area contributed by atoms with Gasteiger partial charge in [0, 0.05) is 16.1 Å². The van der Waals surface area contributed by atoms with Gasteiger partial charge in [0.15, 0.2) is 0 Å². The summed E-state index contributed by atoms with van der Waals surface area (Å²) in [6.45, 7) is 1.77. The Kier molecular flexibility index (Phi) is 5.91. The van der Waals surface area contributed by atoms with E-state index < -0.39 is 22.0 Å². The second kappa shape index (κ2) is 8.20. The lowest BCUT2D eigenvalue weighted by Gasteiger charge is -2.30. The highest BCUT2D eigenvalue weighted by molar-refractivity contribution is 7.92.